The van der Waals surface area contributed by atoms with Crippen molar-refractivity contribution in [2.24, 2.45) is 0 Å². The smallest absolute Gasteiger partial charge is 0.359 e. The summed E-state index contributed by atoms with van der Waals surface area (Å²) in [6, 6.07) is 2.52. The van der Waals surface area contributed by atoms with Gasteiger partial charge in [0.25, 0.3) is 5.91 Å². The molecule has 1 heterocycles. The number of nitrogens with one attached hydrogen (secondary N) is 1. The number of pyridine rings is 1. The molecule has 0 unspecified atom stereocenters. The topological polar surface area (TPSA) is 68.3 Å². The Morgan fingerprint density at radius 2 is 1.88 bits per heavy atom. The van der Waals surface area contributed by atoms with E-state index in [1.807, 2.05) is 0 Å². The Morgan fingerprint density at radius 1 is 1.17 bits per heavy atom. The molecule has 1 aromatic heterocycles. The van der Waals surface area contributed by atoms with E-state index in [0.717, 1.165) is 24.4 Å². The molecule has 5 nitrogen and oxygen atoms in total. The van der Waals surface area contributed by atoms with Crippen LogP contribution < -0.4 is 5.32 Å². The number of halogens is 5. The van der Waals surface area contributed by atoms with Crippen LogP contribution in [0.2, 0.25) is 15.1 Å². The zero-order chi connectivity index (χ0) is 17.9. The molecule has 24 heavy (non-hydrogen) atoms. The fraction of sp³-hybridized carbons (Fsp3) is 0.0714. The van der Waals surface area contributed by atoms with Gasteiger partial charge in [-0.05, 0) is 12.1 Å². The molecule has 1 amide bonds. The first-order valence-electron chi connectivity index (χ1n) is 6.21. The lowest BCUT2D eigenvalue weighted by Crippen LogP contribution is -2.22. The highest BCUT2D eigenvalue weighted by Crippen LogP contribution is 2.31. The van der Waals surface area contributed by atoms with Gasteiger partial charge in [-0.15, -0.1) is 0 Å². The summed E-state index contributed by atoms with van der Waals surface area (Å²) in [6.07, 6.45) is 1.09. The van der Waals surface area contributed by atoms with Crippen LogP contribution in [0.25, 0.3) is 0 Å². The third-order valence-electron chi connectivity index (χ3n) is 2.65. The van der Waals surface area contributed by atoms with Crippen molar-refractivity contribution in [2.75, 3.05) is 11.9 Å². The summed E-state index contributed by atoms with van der Waals surface area (Å²) in [7, 11) is 0. The van der Waals surface area contributed by atoms with E-state index in [0.29, 0.717) is 0 Å². The molecule has 126 valence electrons. The highest BCUT2D eigenvalue weighted by molar-refractivity contribution is 6.48. The van der Waals surface area contributed by atoms with Gasteiger partial charge in [-0.2, -0.15) is 0 Å². The summed E-state index contributed by atoms with van der Waals surface area (Å²) in [6.45, 7) is -0.771. The minimum absolute atomic E-state index is 0.0394. The van der Waals surface area contributed by atoms with Gasteiger partial charge in [0.2, 0.25) is 0 Å². The van der Waals surface area contributed by atoms with Gasteiger partial charge >= 0.3 is 5.97 Å². The van der Waals surface area contributed by atoms with E-state index < -0.39 is 30.1 Å². The number of hydrogen-bond donors (Lipinski definition) is 1. The Kier molecular flexibility index (Phi) is 5.93. The molecule has 0 aliphatic heterocycles. The van der Waals surface area contributed by atoms with Crippen LogP contribution in [0.4, 0.5) is 14.5 Å². The fourth-order valence-electron chi connectivity index (χ4n) is 1.56. The lowest BCUT2D eigenvalue weighted by atomic mass is 10.3. The van der Waals surface area contributed by atoms with Crippen LogP contribution in [0.1, 0.15) is 10.5 Å². The van der Waals surface area contributed by atoms with E-state index in [2.05, 4.69) is 10.3 Å². The van der Waals surface area contributed by atoms with Gasteiger partial charge in [-0.25, -0.2) is 18.6 Å². The van der Waals surface area contributed by atoms with Gasteiger partial charge < -0.3 is 10.1 Å². The molecule has 0 saturated carbocycles. The van der Waals surface area contributed by atoms with E-state index in [1.54, 1.807) is 0 Å². The summed E-state index contributed by atoms with van der Waals surface area (Å²) >= 11 is 17.2. The minimum atomic E-state index is -1.03. The number of benzene rings is 1. The van der Waals surface area contributed by atoms with Crippen LogP contribution in [0, 0.1) is 11.6 Å². The first-order chi connectivity index (χ1) is 11.3. The predicted molar refractivity (Wildman–Crippen MR) is 84.5 cm³/mol. The highest BCUT2D eigenvalue weighted by atomic mass is 35.5. The number of amides is 1. The van der Waals surface area contributed by atoms with Gasteiger partial charge in [0, 0.05) is 12.3 Å². The van der Waals surface area contributed by atoms with Crippen LogP contribution in [-0.2, 0) is 9.53 Å². The average molecular weight is 396 g/mol. The zero-order valence-electron chi connectivity index (χ0n) is 11.6. The number of ether oxygens (including phenoxy) is 1. The number of nitrogens with zero attached hydrogens (tertiary/aromatic N) is 1. The molecule has 10 heteroatoms. The standard InChI is InChI=1S/C14H7Cl3F2N2O3/c15-7-4-20-13(12(17)11(7)16)14(23)24-5-10(22)21-9-3-6(18)1-2-8(9)19/h1-4H,5H2,(H,21,22). The summed E-state index contributed by atoms with van der Waals surface area (Å²) in [5.74, 6) is -3.50. The van der Waals surface area contributed by atoms with Crippen LogP contribution in [0.5, 0.6) is 0 Å². The first kappa shape index (κ1) is 18.4. The lowest BCUT2D eigenvalue weighted by molar-refractivity contribution is -0.119. The van der Waals surface area contributed by atoms with Crippen molar-refractivity contribution in [2.45, 2.75) is 0 Å². The Labute approximate surface area is 149 Å². The van der Waals surface area contributed by atoms with Crippen LogP contribution >= 0.6 is 34.8 Å². The van der Waals surface area contributed by atoms with Gasteiger partial charge in [-0.1, -0.05) is 34.8 Å². The maximum atomic E-state index is 13.4. The Balaban J connectivity index is 2.00. The molecule has 2 rings (SSSR count). The van der Waals surface area contributed by atoms with Crippen molar-refractivity contribution in [1.29, 1.82) is 0 Å². The van der Waals surface area contributed by atoms with Gasteiger partial charge in [0.05, 0.1) is 20.8 Å². The average Bonchev–Trinajstić information content (AvgIpc) is 2.54. The van der Waals surface area contributed by atoms with Crippen LogP contribution in [-0.4, -0.2) is 23.5 Å². The molecule has 0 fully saturated rings. The van der Waals surface area contributed by atoms with E-state index in [9.17, 15) is 18.4 Å². The quantitative estimate of drug-likeness (QED) is 0.791. The number of carbonyl (C=O) groups excluding carboxylic acids is 2. The normalized spacial score (nSPS) is 10.4. The Hall–Kier alpha value is -1.96. The Morgan fingerprint density at radius 3 is 2.58 bits per heavy atom. The Bertz CT molecular complexity index is 818. The van der Waals surface area contributed by atoms with Crippen LogP contribution in [0.15, 0.2) is 24.4 Å². The van der Waals surface area contributed by atoms with Crippen molar-refractivity contribution in [3.8, 4) is 0 Å². The summed E-state index contributed by atoms with van der Waals surface area (Å²) in [4.78, 5) is 27.1. The first-order valence-corrected chi connectivity index (χ1v) is 7.34. The van der Waals surface area contributed by atoms with Crippen molar-refractivity contribution in [3.05, 3.63) is 56.8 Å². The van der Waals surface area contributed by atoms with Gasteiger partial charge in [-0.3, -0.25) is 4.79 Å². The maximum Gasteiger partial charge on any atom is 0.359 e. The second kappa shape index (κ2) is 7.74. The van der Waals surface area contributed by atoms with Crippen molar-refractivity contribution in [1.82, 2.24) is 4.98 Å². The number of anilines is 1. The lowest BCUT2D eigenvalue weighted by Gasteiger charge is -2.08. The highest BCUT2D eigenvalue weighted by Gasteiger charge is 2.19. The molecular weight excluding hydrogens is 389 g/mol. The van der Waals surface area contributed by atoms with E-state index >= 15 is 0 Å². The molecule has 0 bridgehead atoms. The molecule has 0 aliphatic carbocycles. The molecule has 1 N–H and O–H groups in total. The van der Waals surface area contributed by atoms with E-state index in [-0.39, 0.29) is 26.4 Å². The largest absolute Gasteiger partial charge is 0.451 e. The fourth-order valence-corrected chi connectivity index (χ4v) is 2.12. The van der Waals surface area contributed by atoms with E-state index in [4.69, 9.17) is 39.5 Å². The predicted octanol–water partition coefficient (Wildman–Crippen LogP) is 4.12. The molecule has 0 spiro atoms. The second-order valence-corrected chi connectivity index (χ2v) is 5.49. The van der Waals surface area contributed by atoms with Gasteiger partial charge in [0.1, 0.15) is 11.6 Å². The SMILES string of the molecule is O=C(COC(=O)c1ncc(Cl)c(Cl)c1Cl)Nc1cc(F)ccc1F. The van der Waals surface area contributed by atoms with E-state index in [1.165, 1.54) is 0 Å². The molecule has 0 radical (unpaired) electrons. The molecule has 0 atom stereocenters. The second-order valence-electron chi connectivity index (χ2n) is 4.33. The maximum absolute atomic E-state index is 13.4. The number of aromatic nitrogens is 1. The molecule has 1 aromatic carbocycles. The third kappa shape index (κ3) is 4.31. The summed E-state index contributed by atoms with van der Waals surface area (Å²) in [5.41, 5.74) is -0.724. The number of rotatable bonds is 4. The van der Waals surface area contributed by atoms with Gasteiger partial charge in [0.15, 0.2) is 12.3 Å². The number of esters is 1. The number of hydrogen-bond acceptors (Lipinski definition) is 4. The molecule has 0 saturated heterocycles. The zero-order valence-corrected chi connectivity index (χ0v) is 13.8. The van der Waals surface area contributed by atoms with Crippen molar-refractivity contribution in [3.63, 3.8) is 0 Å². The summed E-state index contributed by atoms with van der Waals surface area (Å²) in [5, 5.41) is 1.78. The third-order valence-corrected chi connectivity index (χ3v) is 3.89. The number of carbonyl (C=O) groups is 2. The molecular formula is C14H7Cl3F2N2O3. The molecule has 0 aliphatic rings. The van der Waals surface area contributed by atoms with Crippen molar-refractivity contribution >= 4 is 52.4 Å². The summed E-state index contributed by atoms with van der Waals surface area (Å²) < 4.78 is 31.1. The van der Waals surface area contributed by atoms with Crippen LogP contribution in [0.3, 0.4) is 0 Å². The minimum Gasteiger partial charge on any atom is -0.451 e. The monoisotopic (exact) mass is 394 g/mol. The van der Waals surface area contributed by atoms with Crippen molar-refractivity contribution < 1.29 is 23.1 Å². The molecule has 2 aromatic rings.